The molecule has 3 rings (SSSR count). The number of nitrogens with zero attached hydrogens (tertiary/aromatic N) is 1. The first-order valence-electron chi connectivity index (χ1n) is 5.80. The molecule has 0 atom stereocenters. The van der Waals surface area contributed by atoms with Gasteiger partial charge in [0.25, 0.3) is 5.91 Å². The summed E-state index contributed by atoms with van der Waals surface area (Å²) in [6.45, 7) is 0.312. The van der Waals surface area contributed by atoms with E-state index in [1.165, 1.54) is 17.6 Å². The van der Waals surface area contributed by atoms with Gasteiger partial charge in [-0.25, -0.2) is 0 Å². The molecule has 2 heterocycles. The third-order valence-electron chi connectivity index (χ3n) is 2.82. The van der Waals surface area contributed by atoms with Crippen molar-refractivity contribution in [1.82, 2.24) is 10.5 Å². The third kappa shape index (κ3) is 2.41. The molecule has 0 aliphatic heterocycles. The molecule has 7 heteroatoms. The Hall–Kier alpha value is -1.86. The van der Waals surface area contributed by atoms with Gasteiger partial charge >= 0.3 is 0 Å². The van der Waals surface area contributed by atoms with Crippen molar-refractivity contribution in [2.75, 3.05) is 5.73 Å². The second kappa shape index (κ2) is 5.26. The van der Waals surface area contributed by atoms with Gasteiger partial charge < -0.3 is 15.6 Å². The average Bonchev–Trinajstić information content (AvgIpc) is 3.05. The van der Waals surface area contributed by atoms with Crippen LogP contribution in [0.15, 0.2) is 39.5 Å². The molecule has 1 aromatic carbocycles. The van der Waals surface area contributed by atoms with Crippen molar-refractivity contribution in [1.29, 1.82) is 0 Å². The van der Waals surface area contributed by atoms with Gasteiger partial charge in [-0.1, -0.05) is 21.1 Å². The number of carbonyl (C=O) groups is 1. The number of anilines is 1. The van der Waals surface area contributed by atoms with E-state index in [2.05, 4.69) is 26.4 Å². The van der Waals surface area contributed by atoms with Gasteiger partial charge in [0.1, 0.15) is 16.8 Å². The fourth-order valence-corrected chi connectivity index (χ4v) is 3.22. The zero-order valence-electron chi connectivity index (χ0n) is 10.2. The van der Waals surface area contributed by atoms with Crippen LogP contribution in [0.1, 0.15) is 15.4 Å². The van der Waals surface area contributed by atoms with Crippen LogP contribution in [0, 0.1) is 0 Å². The maximum absolute atomic E-state index is 12.2. The van der Waals surface area contributed by atoms with Gasteiger partial charge in [-0.05, 0) is 18.2 Å². The van der Waals surface area contributed by atoms with Crippen LogP contribution in [0.4, 0.5) is 5.69 Å². The molecule has 3 N–H and O–H groups in total. The molecule has 0 bridgehead atoms. The van der Waals surface area contributed by atoms with Crippen LogP contribution in [0.2, 0.25) is 0 Å². The van der Waals surface area contributed by atoms with E-state index in [0.717, 1.165) is 14.6 Å². The minimum atomic E-state index is -0.206. The second-order valence-corrected chi connectivity index (χ2v) is 6.13. The van der Waals surface area contributed by atoms with E-state index in [1.807, 2.05) is 18.2 Å². The molecule has 0 saturated carbocycles. The van der Waals surface area contributed by atoms with Gasteiger partial charge in [0.2, 0.25) is 0 Å². The van der Waals surface area contributed by atoms with Crippen molar-refractivity contribution in [2.45, 2.75) is 6.54 Å². The molecule has 5 nitrogen and oxygen atoms in total. The van der Waals surface area contributed by atoms with Crippen LogP contribution >= 0.6 is 27.3 Å². The number of thiophene rings is 1. The maximum atomic E-state index is 12.2. The zero-order valence-corrected chi connectivity index (χ0v) is 12.6. The fraction of sp³-hybridized carbons (Fsp3) is 0.0769. The molecular weight excluding hydrogens is 342 g/mol. The van der Waals surface area contributed by atoms with Gasteiger partial charge in [-0.3, -0.25) is 4.79 Å². The number of rotatable bonds is 3. The minimum absolute atomic E-state index is 0.206. The highest BCUT2D eigenvalue weighted by molar-refractivity contribution is 9.10. The van der Waals surface area contributed by atoms with E-state index in [0.29, 0.717) is 22.8 Å². The normalized spacial score (nSPS) is 10.8. The number of fused-ring (bicyclic) bond motifs is 1. The summed E-state index contributed by atoms with van der Waals surface area (Å²) in [7, 11) is 0. The molecule has 0 unspecified atom stereocenters. The van der Waals surface area contributed by atoms with Crippen LogP contribution in [-0.4, -0.2) is 11.1 Å². The van der Waals surface area contributed by atoms with Gasteiger partial charge in [-0.15, -0.1) is 11.3 Å². The summed E-state index contributed by atoms with van der Waals surface area (Å²) in [6.07, 6.45) is 1.47. The van der Waals surface area contributed by atoms with Crippen LogP contribution < -0.4 is 11.1 Å². The van der Waals surface area contributed by atoms with Crippen LogP contribution in [0.5, 0.6) is 0 Å². The Morgan fingerprint density at radius 2 is 2.30 bits per heavy atom. The summed E-state index contributed by atoms with van der Waals surface area (Å²) in [5.41, 5.74) is 7.22. The van der Waals surface area contributed by atoms with Crippen molar-refractivity contribution in [2.24, 2.45) is 0 Å². The Kier molecular flexibility index (Phi) is 3.45. The van der Waals surface area contributed by atoms with Crippen molar-refractivity contribution in [3.05, 3.63) is 45.6 Å². The van der Waals surface area contributed by atoms with E-state index >= 15 is 0 Å². The van der Waals surface area contributed by atoms with Crippen LogP contribution in [0.25, 0.3) is 10.1 Å². The molecule has 2 aromatic heterocycles. The summed E-state index contributed by atoms with van der Waals surface area (Å²) < 4.78 is 6.63. The van der Waals surface area contributed by atoms with Gasteiger partial charge in [0.15, 0.2) is 0 Å². The lowest BCUT2D eigenvalue weighted by molar-refractivity contribution is 0.0955. The van der Waals surface area contributed by atoms with Gasteiger partial charge in [0.05, 0.1) is 12.2 Å². The molecule has 0 radical (unpaired) electrons. The average molecular weight is 352 g/mol. The second-order valence-electron chi connectivity index (χ2n) is 4.16. The Morgan fingerprint density at radius 1 is 1.45 bits per heavy atom. The topological polar surface area (TPSA) is 81.2 Å². The lowest BCUT2D eigenvalue weighted by Crippen LogP contribution is -2.22. The lowest BCUT2D eigenvalue weighted by Gasteiger charge is -2.01. The Morgan fingerprint density at radius 3 is 3.05 bits per heavy atom. The predicted molar refractivity (Wildman–Crippen MR) is 81.6 cm³/mol. The first-order valence-corrected chi connectivity index (χ1v) is 7.41. The van der Waals surface area contributed by atoms with Crippen LogP contribution in [0.3, 0.4) is 0 Å². The summed E-state index contributed by atoms with van der Waals surface area (Å²) in [5, 5.41) is 7.40. The van der Waals surface area contributed by atoms with E-state index in [4.69, 9.17) is 10.3 Å². The Balaban J connectivity index is 1.86. The number of hydrogen-bond donors (Lipinski definition) is 2. The molecule has 0 saturated heterocycles. The molecule has 1 amide bonds. The standard InChI is InChI=1S/C13H10BrN3O2S/c14-7-1-2-10-9(5-7)11(15)12(20-10)13(18)16-6-8-3-4-19-17-8/h1-5H,6,15H2,(H,16,18). The SMILES string of the molecule is Nc1c(C(=O)NCc2ccon2)sc2ccc(Br)cc12. The molecule has 0 fully saturated rings. The molecule has 3 aromatic rings. The van der Waals surface area contributed by atoms with E-state index in [9.17, 15) is 4.79 Å². The zero-order chi connectivity index (χ0) is 14.1. The van der Waals surface area contributed by atoms with Crippen molar-refractivity contribution < 1.29 is 9.32 Å². The summed E-state index contributed by atoms with van der Waals surface area (Å²) in [4.78, 5) is 12.7. The van der Waals surface area contributed by atoms with Crippen molar-refractivity contribution >= 4 is 48.9 Å². The van der Waals surface area contributed by atoms with E-state index < -0.39 is 0 Å². The molecule has 102 valence electrons. The highest BCUT2D eigenvalue weighted by Crippen LogP contribution is 2.35. The van der Waals surface area contributed by atoms with E-state index in [-0.39, 0.29) is 5.91 Å². The van der Waals surface area contributed by atoms with Gasteiger partial charge in [0, 0.05) is 20.6 Å². The molecule has 0 spiro atoms. The first-order chi connectivity index (χ1) is 9.65. The minimum Gasteiger partial charge on any atom is -0.397 e. The Labute approximate surface area is 126 Å². The molecule has 0 aliphatic rings. The van der Waals surface area contributed by atoms with E-state index in [1.54, 1.807) is 6.07 Å². The first kappa shape index (κ1) is 13.1. The number of carbonyl (C=O) groups excluding carboxylic acids is 1. The number of nitrogens with one attached hydrogen (secondary N) is 1. The number of halogens is 1. The predicted octanol–water partition coefficient (Wildman–Crippen LogP) is 3.16. The number of aromatic nitrogens is 1. The number of nitrogen functional groups attached to an aromatic ring is 1. The van der Waals surface area contributed by atoms with Gasteiger partial charge in [-0.2, -0.15) is 0 Å². The lowest BCUT2D eigenvalue weighted by atomic mass is 10.2. The summed E-state index contributed by atoms with van der Waals surface area (Å²) in [6, 6.07) is 7.48. The molecule has 20 heavy (non-hydrogen) atoms. The maximum Gasteiger partial charge on any atom is 0.263 e. The number of nitrogens with two attached hydrogens (primary N) is 1. The molecule has 0 aliphatic carbocycles. The number of amides is 1. The van der Waals surface area contributed by atoms with Crippen LogP contribution in [-0.2, 0) is 6.54 Å². The largest absolute Gasteiger partial charge is 0.397 e. The molecular formula is C13H10BrN3O2S. The quantitative estimate of drug-likeness (QED) is 0.759. The summed E-state index contributed by atoms with van der Waals surface area (Å²) in [5.74, 6) is -0.206. The highest BCUT2D eigenvalue weighted by Gasteiger charge is 2.16. The monoisotopic (exact) mass is 351 g/mol. The third-order valence-corrected chi connectivity index (χ3v) is 4.49. The Bertz CT molecular complexity index is 767. The highest BCUT2D eigenvalue weighted by atomic mass is 79.9. The summed E-state index contributed by atoms with van der Waals surface area (Å²) >= 11 is 4.78. The van der Waals surface area contributed by atoms with Crippen molar-refractivity contribution in [3.8, 4) is 0 Å². The smallest absolute Gasteiger partial charge is 0.263 e. The fourth-order valence-electron chi connectivity index (χ4n) is 1.84. The number of hydrogen-bond acceptors (Lipinski definition) is 5. The van der Waals surface area contributed by atoms with Crippen molar-refractivity contribution in [3.63, 3.8) is 0 Å². The number of benzene rings is 1.